The lowest BCUT2D eigenvalue weighted by atomic mass is 9.97. The van der Waals surface area contributed by atoms with E-state index in [1.807, 2.05) is 19.9 Å². The van der Waals surface area contributed by atoms with Crippen molar-refractivity contribution in [2.75, 3.05) is 26.7 Å². The summed E-state index contributed by atoms with van der Waals surface area (Å²) in [5.74, 6) is 0.234. The van der Waals surface area contributed by atoms with Gasteiger partial charge in [0.1, 0.15) is 0 Å². The average molecular weight is 340 g/mol. The van der Waals surface area contributed by atoms with Crippen LogP contribution in [0.2, 0.25) is 0 Å². The highest BCUT2D eigenvalue weighted by molar-refractivity contribution is 7.89. The van der Waals surface area contributed by atoms with Crippen LogP contribution < -0.4 is 4.72 Å². The first-order valence-corrected chi connectivity index (χ1v) is 9.21. The Hall–Kier alpha value is -1.60. The zero-order valence-corrected chi connectivity index (χ0v) is 14.6. The molecule has 0 aliphatic carbocycles. The Morgan fingerprint density at radius 2 is 1.91 bits per heavy atom. The average Bonchev–Trinajstić information content (AvgIpc) is 2.55. The Morgan fingerprint density at radius 1 is 1.26 bits per heavy atom. The first-order chi connectivity index (χ1) is 10.8. The number of piperidine rings is 1. The van der Waals surface area contributed by atoms with Crippen molar-refractivity contribution in [3.05, 3.63) is 29.3 Å². The molecular formula is C16H24N2O4S. The topological polar surface area (TPSA) is 75.7 Å². The Kier molecular flexibility index (Phi) is 5.64. The van der Waals surface area contributed by atoms with E-state index >= 15 is 0 Å². The zero-order valence-electron chi connectivity index (χ0n) is 13.8. The fourth-order valence-corrected chi connectivity index (χ4v) is 3.84. The third kappa shape index (κ3) is 4.45. The molecule has 23 heavy (non-hydrogen) atoms. The van der Waals surface area contributed by atoms with Crippen molar-refractivity contribution in [1.29, 1.82) is 0 Å². The smallest absolute Gasteiger partial charge is 0.409 e. The van der Waals surface area contributed by atoms with Gasteiger partial charge in [-0.3, -0.25) is 0 Å². The SMILES string of the molecule is COC(=O)N1CCC(CNS(=O)(=O)c2ccc(C)c(C)c2)CC1. The van der Waals surface area contributed by atoms with Gasteiger partial charge in [-0.1, -0.05) is 6.07 Å². The number of carbonyl (C=O) groups is 1. The predicted molar refractivity (Wildman–Crippen MR) is 87.8 cm³/mol. The number of sulfonamides is 1. The van der Waals surface area contributed by atoms with Gasteiger partial charge in [-0.2, -0.15) is 0 Å². The Balaban J connectivity index is 1.90. The summed E-state index contributed by atoms with van der Waals surface area (Å²) in [6.07, 6.45) is 1.22. The fraction of sp³-hybridized carbons (Fsp3) is 0.562. The molecule has 1 N–H and O–H groups in total. The van der Waals surface area contributed by atoms with Gasteiger partial charge in [0.2, 0.25) is 10.0 Å². The third-order valence-electron chi connectivity index (χ3n) is 4.40. The van der Waals surface area contributed by atoms with Gasteiger partial charge in [-0.15, -0.1) is 0 Å². The summed E-state index contributed by atoms with van der Waals surface area (Å²) in [4.78, 5) is 13.4. The number of ether oxygens (including phenoxy) is 1. The van der Waals surface area contributed by atoms with E-state index in [2.05, 4.69) is 4.72 Å². The summed E-state index contributed by atoms with van der Waals surface area (Å²) >= 11 is 0. The minimum atomic E-state index is -3.49. The quantitative estimate of drug-likeness (QED) is 0.910. The number of nitrogens with one attached hydrogen (secondary N) is 1. The van der Waals surface area contributed by atoms with Gasteiger partial charge in [0.15, 0.2) is 0 Å². The van der Waals surface area contributed by atoms with E-state index in [4.69, 9.17) is 4.74 Å². The second-order valence-corrected chi connectivity index (χ2v) is 7.77. The molecule has 0 spiro atoms. The van der Waals surface area contributed by atoms with Crippen LogP contribution in [0.3, 0.4) is 0 Å². The van der Waals surface area contributed by atoms with Gasteiger partial charge in [0.25, 0.3) is 0 Å². The molecule has 1 fully saturated rings. The van der Waals surface area contributed by atoms with Crippen molar-refractivity contribution in [3.8, 4) is 0 Å². The highest BCUT2D eigenvalue weighted by Gasteiger charge is 2.24. The molecule has 2 rings (SSSR count). The Morgan fingerprint density at radius 3 is 2.48 bits per heavy atom. The van der Waals surface area contributed by atoms with E-state index in [1.54, 1.807) is 17.0 Å². The number of rotatable bonds is 4. The molecule has 1 aromatic carbocycles. The number of carbonyl (C=O) groups excluding carboxylic acids is 1. The predicted octanol–water partition coefficient (Wildman–Crippen LogP) is 2.06. The molecule has 1 amide bonds. The van der Waals surface area contributed by atoms with Crippen LogP contribution in [-0.4, -0.2) is 46.2 Å². The maximum atomic E-state index is 12.4. The molecule has 1 aliphatic rings. The summed E-state index contributed by atoms with van der Waals surface area (Å²) in [6, 6.07) is 5.14. The molecule has 1 saturated heterocycles. The van der Waals surface area contributed by atoms with E-state index in [1.165, 1.54) is 7.11 Å². The lowest BCUT2D eigenvalue weighted by molar-refractivity contribution is 0.106. The van der Waals surface area contributed by atoms with E-state index in [-0.39, 0.29) is 12.0 Å². The minimum Gasteiger partial charge on any atom is -0.453 e. The van der Waals surface area contributed by atoms with Crippen LogP contribution >= 0.6 is 0 Å². The summed E-state index contributed by atoms with van der Waals surface area (Å²) in [6.45, 7) is 5.45. The zero-order chi connectivity index (χ0) is 17.0. The summed E-state index contributed by atoms with van der Waals surface area (Å²) < 4.78 is 32.1. The van der Waals surface area contributed by atoms with E-state index in [0.717, 1.165) is 24.0 Å². The van der Waals surface area contributed by atoms with Crippen LogP contribution in [0.5, 0.6) is 0 Å². The highest BCUT2D eigenvalue weighted by atomic mass is 32.2. The van der Waals surface area contributed by atoms with Crippen LogP contribution in [0.4, 0.5) is 4.79 Å². The monoisotopic (exact) mass is 340 g/mol. The molecule has 0 unspecified atom stereocenters. The van der Waals surface area contributed by atoms with Gasteiger partial charge in [0.05, 0.1) is 12.0 Å². The van der Waals surface area contributed by atoms with Gasteiger partial charge < -0.3 is 9.64 Å². The van der Waals surface area contributed by atoms with Gasteiger partial charge in [-0.05, 0) is 55.9 Å². The van der Waals surface area contributed by atoms with Crippen LogP contribution in [0, 0.1) is 19.8 Å². The standard InChI is InChI=1S/C16H24N2O4S/c1-12-4-5-15(10-13(12)2)23(20,21)17-11-14-6-8-18(9-7-14)16(19)22-3/h4-5,10,14,17H,6-9,11H2,1-3H3. The summed E-state index contributed by atoms with van der Waals surface area (Å²) in [7, 11) is -2.12. The number of amides is 1. The number of benzene rings is 1. The third-order valence-corrected chi connectivity index (χ3v) is 5.82. The van der Waals surface area contributed by atoms with Crippen LogP contribution in [0.25, 0.3) is 0 Å². The second-order valence-electron chi connectivity index (χ2n) is 6.00. The number of hydrogen-bond donors (Lipinski definition) is 1. The van der Waals surface area contributed by atoms with Crippen molar-refractivity contribution in [2.45, 2.75) is 31.6 Å². The van der Waals surface area contributed by atoms with Crippen molar-refractivity contribution in [1.82, 2.24) is 9.62 Å². The lowest BCUT2D eigenvalue weighted by Gasteiger charge is -2.30. The maximum absolute atomic E-state index is 12.4. The Labute approximate surface area is 137 Å². The van der Waals surface area contributed by atoms with E-state index < -0.39 is 10.0 Å². The number of nitrogens with zero attached hydrogens (tertiary/aromatic N) is 1. The molecule has 1 heterocycles. The molecule has 0 radical (unpaired) electrons. The second kappa shape index (κ2) is 7.31. The molecule has 0 saturated carbocycles. The maximum Gasteiger partial charge on any atom is 0.409 e. The minimum absolute atomic E-state index is 0.234. The van der Waals surface area contributed by atoms with Gasteiger partial charge in [-0.25, -0.2) is 17.9 Å². The molecule has 6 nitrogen and oxygen atoms in total. The van der Waals surface area contributed by atoms with E-state index in [9.17, 15) is 13.2 Å². The number of likely N-dealkylation sites (tertiary alicyclic amines) is 1. The molecule has 1 aliphatic heterocycles. The first-order valence-electron chi connectivity index (χ1n) is 7.73. The largest absolute Gasteiger partial charge is 0.453 e. The van der Waals surface area contributed by atoms with Crippen molar-refractivity contribution in [2.24, 2.45) is 5.92 Å². The van der Waals surface area contributed by atoms with Crippen LogP contribution in [-0.2, 0) is 14.8 Å². The number of hydrogen-bond acceptors (Lipinski definition) is 4. The molecule has 1 aromatic rings. The molecule has 128 valence electrons. The van der Waals surface area contributed by atoms with Gasteiger partial charge in [0, 0.05) is 19.6 Å². The van der Waals surface area contributed by atoms with E-state index in [0.29, 0.717) is 24.5 Å². The Bertz CT molecular complexity index is 665. The summed E-state index contributed by atoms with van der Waals surface area (Å²) in [5, 5.41) is 0. The van der Waals surface area contributed by atoms with Crippen LogP contribution in [0.15, 0.2) is 23.1 Å². The molecular weight excluding hydrogens is 316 g/mol. The highest BCUT2D eigenvalue weighted by Crippen LogP contribution is 2.19. The van der Waals surface area contributed by atoms with Crippen molar-refractivity contribution in [3.63, 3.8) is 0 Å². The van der Waals surface area contributed by atoms with Gasteiger partial charge >= 0.3 is 6.09 Å². The van der Waals surface area contributed by atoms with Crippen LogP contribution in [0.1, 0.15) is 24.0 Å². The molecule has 0 aromatic heterocycles. The fourth-order valence-electron chi connectivity index (χ4n) is 2.64. The van der Waals surface area contributed by atoms with Crippen molar-refractivity contribution >= 4 is 16.1 Å². The number of methoxy groups -OCH3 is 1. The number of aryl methyl sites for hydroxylation is 2. The normalized spacial score (nSPS) is 16.4. The summed E-state index contributed by atoms with van der Waals surface area (Å²) in [5.41, 5.74) is 2.03. The first kappa shape index (κ1) is 17.7. The molecule has 7 heteroatoms. The van der Waals surface area contributed by atoms with Crippen molar-refractivity contribution < 1.29 is 17.9 Å². The molecule has 0 bridgehead atoms. The lowest BCUT2D eigenvalue weighted by Crippen LogP contribution is -2.41. The molecule has 0 atom stereocenters.